The maximum absolute atomic E-state index is 3.89. The highest BCUT2D eigenvalue weighted by Gasteiger charge is 2.17. The summed E-state index contributed by atoms with van der Waals surface area (Å²) in [7, 11) is 0. The van der Waals surface area contributed by atoms with E-state index in [0.717, 1.165) is 0 Å². The molecule has 43 valence electrons. The third kappa shape index (κ3) is 4.00. The molecule has 0 fully saturated rings. The summed E-state index contributed by atoms with van der Waals surface area (Å²) >= 11 is 4.73. The van der Waals surface area contributed by atoms with Crippen molar-refractivity contribution in [3.05, 3.63) is 6.92 Å². The van der Waals surface area contributed by atoms with E-state index in [2.05, 4.69) is 66.0 Å². The van der Waals surface area contributed by atoms with Gasteiger partial charge in [-0.15, -0.1) is 0 Å². The molecule has 0 aromatic rings. The van der Waals surface area contributed by atoms with E-state index in [-0.39, 0.29) is 0 Å². The normalized spacial score (nSPS) is 16.7. The van der Waals surface area contributed by atoms with Crippen LogP contribution in [-0.2, 0) is 0 Å². The number of alkyl halides is 2. The summed E-state index contributed by atoms with van der Waals surface area (Å²) in [4.78, 5) is 0. The Balaban J connectivity index is 3.54. The van der Waals surface area contributed by atoms with E-state index in [9.17, 15) is 0 Å². The van der Waals surface area contributed by atoms with Crippen molar-refractivity contribution >= 4 is 45.2 Å². The van der Waals surface area contributed by atoms with Crippen molar-refractivity contribution in [3.8, 4) is 0 Å². The summed E-state index contributed by atoms with van der Waals surface area (Å²) in [5, 5.41) is 0. The topological polar surface area (TPSA) is 0 Å². The SMILES string of the molecule is [CH2]C(I)C(C)(C)I. The molecular formula is C5H9I2. The number of rotatable bonds is 1. The molecule has 0 N–H and O–H groups in total. The van der Waals surface area contributed by atoms with E-state index < -0.39 is 0 Å². The minimum Gasteiger partial charge on any atom is -0.0812 e. The van der Waals surface area contributed by atoms with Crippen LogP contribution in [0.1, 0.15) is 13.8 Å². The predicted octanol–water partition coefficient (Wildman–Crippen LogP) is 2.84. The Morgan fingerprint density at radius 1 is 1.57 bits per heavy atom. The van der Waals surface area contributed by atoms with Crippen LogP contribution in [-0.4, -0.2) is 7.35 Å². The Morgan fingerprint density at radius 2 is 1.71 bits per heavy atom. The predicted molar refractivity (Wildman–Crippen MR) is 51.3 cm³/mol. The lowest BCUT2D eigenvalue weighted by molar-refractivity contribution is 0.796. The second-order valence-electron chi connectivity index (χ2n) is 2.03. The van der Waals surface area contributed by atoms with Gasteiger partial charge in [-0.1, -0.05) is 45.2 Å². The van der Waals surface area contributed by atoms with E-state index in [0.29, 0.717) is 7.35 Å². The van der Waals surface area contributed by atoms with E-state index in [1.807, 2.05) is 0 Å². The van der Waals surface area contributed by atoms with Crippen LogP contribution in [0.25, 0.3) is 0 Å². The van der Waals surface area contributed by atoms with Crippen molar-refractivity contribution in [3.63, 3.8) is 0 Å². The Labute approximate surface area is 72.7 Å². The molecule has 7 heavy (non-hydrogen) atoms. The highest BCUT2D eigenvalue weighted by Crippen LogP contribution is 2.26. The van der Waals surface area contributed by atoms with Gasteiger partial charge in [-0.2, -0.15) is 0 Å². The van der Waals surface area contributed by atoms with E-state index in [1.54, 1.807) is 0 Å². The summed E-state index contributed by atoms with van der Waals surface area (Å²) in [6.45, 7) is 8.25. The van der Waals surface area contributed by atoms with Crippen molar-refractivity contribution in [1.29, 1.82) is 0 Å². The highest BCUT2D eigenvalue weighted by atomic mass is 127. The molecule has 0 spiro atoms. The zero-order valence-corrected chi connectivity index (χ0v) is 8.86. The second-order valence-corrected chi connectivity index (χ2v) is 6.32. The first-order valence-electron chi connectivity index (χ1n) is 2.10. The molecule has 2 heteroatoms. The molecular weight excluding hydrogens is 314 g/mol. The van der Waals surface area contributed by atoms with Gasteiger partial charge in [-0.05, 0) is 20.8 Å². The average Bonchev–Trinajstić information content (AvgIpc) is 1.31. The molecule has 0 aliphatic heterocycles. The van der Waals surface area contributed by atoms with Gasteiger partial charge in [0.1, 0.15) is 0 Å². The fourth-order valence-electron chi connectivity index (χ4n) is 0. The molecule has 0 rings (SSSR count). The van der Waals surface area contributed by atoms with Gasteiger partial charge in [0.25, 0.3) is 0 Å². The Hall–Kier alpha value is 1.46. The maximum Gasteiger partial charge on any atom is 0.0283 e. The van der Waals surface area contributed by atoms with Crippen molar-refractivity contribution in [2.45, 2.75) is 21.2 Å². The van der Waals surface area contributed by atoms with Crippen LogP contribution in [0.4, 0.5) is 0 Å². The third-order valence-electron chi connectivity index (χ3n) is 0.745. The van der Waals surface area contributed by atoms with Crippen LogP contribution in [0.15, 0.2) is 0 Å². The molecule has 1 unspecified atom stereocenters. The van der Waals surface area contributed by atoms with E-state index in [1.165, 1.54) is 0 Å². The van der Waals surface area contributed by atoms with Crippen LogP contribution >= 0.6 is 45.2 Å². The quantitative estimate of drug-likeness (QED) is 0.514. The first-order chi connectivity index (χ1) is 2.94. The van der Waals surface area contributed by atoms with Gasteiger partial charge in [0.05, 0.1) is 0 Å². The maximum atomic E-state index is 3.89. The lowest BCUT2D eigenvalue weighted by atomic mass is 10.2. The zero-order chi connectivity index (χ0) is 6.08. The van der Waals surface area contributed by atoms with Crippen molar-refractivity contribution in [2.75, 3.05) is 0 Å². The minimum absolute atomic E-state index is 0.346. The molecule has 0 amide bonds. The van der Waals surface area contributed by atoms with Gasteiger partial charge < -0.3 is 0 Å². The van der Waals surface area contributed by atoms with E-state index >= 15 is 0 Å². The monoisotopic (exact) mass is 323 g/mol. The van der Waals surface area contributed by atoms with Gasteiger partial charge in [-0.25, -0.2) is 0 Å². The fourth-order valence-corrected chi connectivity index (χ4v) is 0. The zero-order valence-electron chi connectivity index (χ0n) is 4.54. The standard InChI is InChI=1S/C5H9I2/c1-4(6)5(2,3)7/h4H,1H2,2-3H3. The summed E-state index contributed by atoms with van der Waals surface area (Å²) in [6, 6.07) is 0. The Kier molecular flexibility index (Phi) is 3.44. The molecule has 1 radical (unpaired) electrons. The summed E-state index contributed by atoms with van der Waals surface area (Å²) < 4.78 is 0.851. The fraction of sp³-hybridized carbons (Fsp3) is 0.800. The number of hydrogen-bond donors (Lipinski definition) is 0. The molecule has 0 saturated heterocycles. The molecule has 0 aliphatic rings. The van der Waals surface area contributed by atoms with Crippen LogP contribution < -0.4 is 0 Å². The van der Waals surface area contributed by atoms with Gasteiger partial charge >= 0.3 is 0 Å². The second kappa shape index (κ2) is 2.85. The van der Waals surface area contributed by atoms with Gasteiger partial charge in [0.2, 0.25) is 0 Å². The molecule has 0 aliphatic carbocycles. The summed E-state index contributed by atoms with van der Waals surface area (Å²) in [5.74, 6) is 0. The van der Waals surface area contributed by atoms with Gasteiger partial charge in [0.15, 0.2) is 0 Å². The summed E-state index contributed by atoms with van der Waals surface area (Å²) in [6.07, 6.45) is 0. The van der Waals surface area contributed by atoms with Crippen LogP contribution in [0.2, 0.25) is 0 Å². The van der Waals surface area contributed by atoms with E-state index in [4.69, 9.17) is 0 Å². The van der Waals surface area contributed by atoms with Crippen LogP contribution in [0, 0.1) is 6.92 Å². The Bertz CT molecular complexity index is 51.6. The van der Waals surface area contributed by atoms with Crippen LogP contribution in [0.3, 0.4) is 0 Å². The van der Waals surface area contributed by atoms with Crippen molar-refractivity contribution in [1.82, 2.24) is 0 Å². The molecule has 0 aromatic heterocycles. The highest BCUT2D eigenvalue weighted by molar-refractivity contribution is 14.1. The van der Waals surface area contributed by atoms with Gasteiger partial charge in [-0.3, -0.25) is 0 Å². The lowest BCUT2D eigenvalue weighted by Crippen LogP contribution is -2.20. The molecule has 0 saturated carbocycles. The smallest absolute Gasteiger partial charge is 0.0283 e. The first kappa shape index (κ1) is 8.46. The lowest BCUT2D eigenvalue weighted by Gasteiger charge is -2.18. The third-order valence-corrected chi connectivity index (χ3v) is 4.25. The van der Waals surface area contributed by atoms with Crippen molar-refractivity contribution < 1.29 is 0 Å². The summed E-state index contributed by atoms with van der Waals surface area (Å²) in [5.41, 5.74) is 0. The van der Waals surface area contributed by atoms with Crippen molar-refractivity contribution in [2.24, 2.45) is 0 Å². The first-order valence-corrected chi connectivity index (χ1v) is 4.43. The number of halogens is 2. The Morgan fingerprint density at radius 3 is 1.71 bits per heavy atom. The van der Waals surface area contributed by atoms with Crippen LogP contribution in [0.5, 0.6) is 0 Å². The minimum atomic E-state index is 0.346. The molecule has 0 nitrogen and oxygen atoms in total. The number of hydrogen-bond acceptors (Lipinski definition) is 0. The van der Waals surface area contributed by atoms with Gasteiger partial charge in [0, 0.05) is 7.35 Å². The molecule has 0 bridgehead atoms. The molecule has 1 atom stereocenters. The average molecular weight is 323 g/mol. The molecule has 0 heterocycles. The molecule has 0 aromatic carbocycles. The largest absolute Gasteiger partial charge is 0.0812 e.